The molecule has 0 unspecified atom stereocenters. The van der Waals surface area contributed by atoms with Crippen LogP contribution in [0.25, 0.3) is 0 Å². The van der Waals surface area contributed by atoms with Crippen LogP contribution >= 0.6 is 12.4 Å². The molecule has 3 N–H and O–H groups in total. The molecule has 0 aromatic heterocycles. The number of amides is 2. The Labute approximate surface area is 158 Å². The number of nitrogens with one attached hydrogen (secondary N) is 1. The van der Waals surface area contributed by atoms with Gasteiger partial charge in [0.15, 0.2) is 0 Å². The van der Waals surface area contributed by atoms with Crippen LogP contribution in [-0.4, -0.2) is 48.6 Å². The molecule has 2 aliphatic heterocycles. The Bertz CT molecular complexity index is 638. The molecule has 3 rings (SSSR count). The highest BCUT2D eigenvalue weighted by Gasteiger charge is 2.35. The van der Waals surface area contributed by atoms with Crippen molar-refractivity contribution in [2.24, 2.45) is 11.7 Å². The molecule has 0 spiro atoms. The van der Waals surface area contributed by atoms with Gasteiger partial charge < -0.3 is 20.7 Å². The summed E-state index contributed by atoms with van der Waals surface area (Å²) in [7, 11) is 0. The fourth-order valence-electron chi connectivity index (χ4n) is 3.44. The van der Waals surface area contributed by atoms with Gasteiger partial charge in [-0.2, -0.15) is 0 Å². The summed E-state index contributed by atoms with van der Waals surface area (Å²) < 4.78 is 18.8. The number of carbonyl (C=O) groups excluding carboxylic acids is 2. The number of piperidine rings is 1. The van der Waals surface area contributed by atoms with E-state index in [1.165, 1.54) is 12.1 Å². The molecule has 2 heterocycles. The third-order valence-corrected chi connectivity index (χ3v) is 4.92. The van der Waals surface area contributed by atoms with E-state index in [2.05, 4.69) is 5.32 Å². The number of hydrogen-bond donors (Lipinski definition) is 2. The van der Waals surface area contributed by atoms with Gasteiger partial charge in [0.25, 0.3) is 5.91 Å². The monoisotopic (exact) mass is 385 g/mol. The minimum Gasteiger partial charge on any atom is -0.364 e. The number of hydrogen-bond acceptors (Lipinski definition) is 4. The molecule has 1 aromatic carbocycles. The van der Waals surface area contributed by atoms with E-state index < -0.39 is 6.10 Å². The van der Waals surface area contributed by atoms with Gasteiger partial charge >= 0.3 is 0 Å². The molecular formula is C18H25ClFN3O3. The molecule has 6 nitrogen and oxygen atoms in total. The van der Waals surface area contributed by atoms with Crippen LogP contribution in [0.3, 0.4) is 0 Å². The summed E-state index contributed by atoms with van der Waals surface area (Å²) in [4.78, 5) is 26.6. The van der Waals surface area contributed by atoms with Crippen LogP contribution in [0.5, 0.6) is 0 Å². The van der Waals surface area contributed by atoms with Crippen LogP contribution in [0.2, 0.25) is 0 Å². The summed E-state index contributed by atoms with van der Waals surface area (Å²) in [6.07, 6.45) is 2.30. The van der Waals surface area contributed by atoms with Gasteiger partial charge in [0.1, 0.15) is 11.9 Å². The molecule has 144 valence electrons. The maximum Gasteiger partial charge on any atom is 0.251 e. The zero-order chi connectivity index (χ0) is 17.8. The zero-order valence-electron chi connectivity index (χ0n) is 14.5. The van der Waals surface area contributed by atoms with Crippen molar-refractivity contribution in [2.45, 2.75) is 37.9 Å². The van der Waals surface area contributed by atoms with Crippen LogP contribution in [0.15, 0.2) is 24.3 Å². The van der Waals surface area contributed by atoms with E-state index in [-0.39, 0.29) is 42.1 Å². The quantitative estimate of drug-likeness (QED) is 0.829. The van der Waals surface area contributed by atoms with Crippen molar-refractivity contribution in [3.63, 3.8) is 0 Å². The standard InChI is InChI=1S/C18H24FN3O3.ClH/c19-13-2-1-3-14(10-13)21-17(23)12-6-8-22(9-7-12)18(24)16-5-4-15(11-20)25-16;/h1-3,10,12,15-16H,4-9,11,20H2,(H,21,23);1H/t15-,16+;/m1./s1. The van der Waals surface area contributed by atoms with E-state index >= 15 is 0 Å². The molecule has 8 heteroatoms. The summed E-state index contributed by atoms with van der Waals surface area (Å²) in [5.74, 6) is -0.683. The number of rotatable bonds is 4. The normalized spacial score (nSPS) is 23.4. The second-order valence-electron chi connectivity index (χ2n) is 6.66. The largest absolute Gasteiger partial charge is 0.364 e. The molecule has 1 aromatic rings. The van der Waals surface area contributed by atoms with E-state index in [0.29, 0.717) is 44.6 Å². The summed E-state index contributed by atoms with van der Waals surface area (Å²) in [6, 6.07) is 5.84. The van der Waals surface area contributed by atoms with Crippen molar-refractivity contribution < 1.29 is 18.7 Å². The van der Waals surface area contributed by atoms with E-state index in [9.17, 15) is 14.0 Å². The molecule has 2 saturated heterocycles. The Balaban J connectivity index is 0.00000243. The lowest BCUT2D eigenvalue weighted by molar-refractivity contribution is -0.145. The Morgan fingerprint density at radius 1 is 1.23 bits per heavy atom. The van der Waals surface area contributed by atoms with Crippen molar-refractivity contribution in [1.82, 2.24) is 4.90 Å². The minimum atomic E-state index is -0.397. The highest BCUT2D eigenvalue weighted by molar-refractivity contribution is 5.92. The predicted octanol–water partition coefficient (Wildman–Crippen LogP) is 1.93. The summed E-state index contributed by atoms with van der Waals surface area (Å²) in [5.41, 5.74) is 6.04. The number of ether oxygens (including phenoxy) is 1. The summed E-state index contributed by atoms with van der Waals surface area (Å²) in [6.45, 7) is 1.51. The van der Waals surface area contributed by atoms with Crippen molar-refractivity contribution in [1.29, 1.82) is 0 Å². The molecule has 2 fully saturated rings. The van der Waals surface area contributed by atoms with Gasteiger partial charge in [-0.3, -0.25) is 9.59 Å². The average Bonchev–Trinajstić information content (AvgIpc) is 3.10. The predicted molar refractivity (Wildman–Crippen MR) is 98.5 cm³/mol. The molecule has 0 saturated carbocycles. The molecule has 2 atom stereocenters. The van der Waals surface area contributed by atoms with Crippen molar-refractivity contribution in [3.05, 3.63) is 30.1 Å². The number of carbonyl (C=O) groups is 2. The lowest BCUT2D eigenvalue weighted by Gasteiger charge is -2.32. The Kier molecular flexibility index (Phi) is 7.37. The van der Waals surface area contributed by atoms with E-state index in [4.69, 9.17) is 10.5 Å². The first-order chi connectivity index (χ1) is 12.1. The highest BCUT2D eigenvalue weighted by Crippen LogP contribution is 2.25. The molecule has 26 heavy (non-hydrogen) atoms. The van der Waals surface area contributed by atoms with Crippen LogP contribution in [-0.2, 0) is 14.3 Å². The molecule has 0 aliphatic carbocycles. The van der Waals surface area contributed by atoms with Crippen LogP contribution in [0.1, 0.15) is 25.7 Å². The SMILES string of the molecule is Cl.NC[C@H]1CC[C@@H](C(=O)N2CCC(C(=O)Nc3cccc(F)c3)CC2)O1. The Hall–Kier alpha value is -1.70. The second kappa shape index (κ2) is 9.30. The van der Waals surface area contributed by atoms with Crippen LogP contribution < -0.4 is 11.1 Å². The number of nitrogens with zero attached hydrogens (tertiary/aromatic N) is 1. The van der Waals surface area contributed by atoms with Crippen molar-refractivity contribution in [2.75, 3.05) is 25.0 Å². The average molecular weight is 386 g/mol. The van der Waals surface area contributed by atoms with Crippen molar-refractivity contribution >= 4 is 29.9 Å². The lowest BCUT2D eigenvalue weighted by atomic mass is 9.95. The van der Waals surface area contributed by atoms with E-state index in [1.807, 2.05) is 0 Å². The molecule has 2 amide bonds. The third kappa shape index (κ3) is 4.93. The van der Waals surface area contributed by atoms with Crippen LogP contribution in [0, 0.1) is 11.7 Å². The summed E-state index contributed by atoms with van der Waals surface area (Å²) in [5, 5.41) is 2.74. The number of likely N-dealkylation sites (tertiary alicyclic amines) is 1. The maximum atomic E-state index is 13.2. The van der Waals surface area contributed by atoms with E-state index in [1.54, 1.807) is 17.0 Å². The smallest absolute Gasteiger partial charge is 0.251 e. The van der Waals surface area contributed by atoms with Gasteiger partial charge in [0.05, 0.1) is 6.10 Å². The van der Waals surface area contributed by atoms with Crippen LogP contribution in [0.4, 0.5) is 10.1 Å². The summed E-state index contributed by atoms with van der Waals surface area (Å²) >= 11 is 0. The zero-order valence-corrected chi connectivity index (χ0v) is 15.3. The maximum absolute atomic E-state index is 13.2. The van der Waals surface area contributed by atoms with Gasteiger partial charge in [0.2, 0.25) is 5.91 Å². The first-order valence-electron chi connectivity index (χ1n) is 8.77. The minimum absolute atomic E-state index is 0. The molecule has 0 radical (unpaired) electrons. The van der Waals surface area contributed by atoms with Gasteiger partial charge in [-0.15, -0.1) is 12.4 Å². The molecular weight excluding hydrogens is 361 g/mol. The molecule has 0 bridgehead atoms. The topological polar surface area (TPSA) is 84.7 Å². The van der Waals surface area contributed by atoms with Gasteiger partial charge in [0, 0.05) is 31.2 Å². The highest BCUT2D eigenvalue weighted by atomic mass is 35.5. The first-order valence-corrected chi connectivity index (χ1v) is 8.77. The number of anilines is 1. The van der Waals surface area contributed by atoms with E-state index in [0.717, 1.165) is 6.42 Å². The van der Waals surface area contributed by atoms with Gasteiger partial charge in [-0.25, -0.2) is 4.39 Å². The Morgan fingerprint density at radius 2 is 1.96 bits per heavy atom. The Morgan fingerprint density at radius 3 is 2.58 bits per heavy atom. The van der Waals surface area contributed by atoms with Crippen molar-refractivity contribution in [3.8, 4) is 0 Å². The second-order valence-corrected chi connectivity index (χ2v) is 6.66. The number of nitrogens with two attached hydrogens (primary N) is 1. The van der Waals surface area contributed by atoms with Gasteiger partial charge in [-0.1, -0.05) is 6.07 Å². The third-order valence-electron chi connectivity index (χ3n) is 4.92. The fraction of sp³-hybridized carbons (Fsp3) is 0.556. The number of benzene rings is 1. The molecule has 2 aliphatic rings. The fourth-order valence-corrected chi connectivity index (χ4v) is 3.44. The lowest BCUT2D eigenvalue weighted by Crippen LogP contribution is -2.45. The van der Waals surface area contributed by atoms with Gasteiger partial charge in [-0.05, 0) is 43.9 Å². The number of halogens is 2. The first kappa shape index (κ1) is 20.6.